The molecule has 0 spiro atoms. The van der Waals surface area contributed by atoms with Gasteiger partial charge < -0.3 is 11.1 Å². The van der Waals surface area contributed by atoms with Gasteiger partial charge in [0.25, 0.3) is 0 Å². The van der Waals surface area contributed by atoms with Crippen molar-refractivity contribution >= 4 is 22.4 Å². The van der Waals surface area contributed by atoms with Crippen molar-refractivity contribution in [3.63, 3.8) is 0 Å². The van der Waals surface area contributed by atoms with Gasteiger partial charge in [0.1, 0.15) is 0 Å². The Morgan fingerprint density at radius 2 is 2.35 bits per heavy atom. The predicted octanol–water partition coefficient (Wildman–Crippen LogP) is 2.72. The Bertz CT molecular complexity index is 351. The van der Waals surface area contributed by atoms with E-state index < -0.39 is 0 Å². The molecular weight excluding hydrogens is 234 g/mol. The Labute approximate surface area is 107 Å². The molecule has 3 N–H and O–H groups in total. The fraction of sp³-hybridized carbons (Fsp3) is 0.667. The summed E-state index contributed by atoms with van der Waals surface area (Å²) in [6.45, 7) is 4.38. The van der Waals surface area contributed by atoms with Crippen LogP contribution in [-0.4, -0.2) is 17.4 Å². The number of hydrogen-bond donors (Lipinski definition) is 2. The number of anilines is 1. The molecule has 0 aliphatic heterocycles. The van der Waals surface area contributed by atoms with Gasteiger partial charge in [-0.05, 0) is 12.8 Å². The molecule has 0 bridgehead atoms. The quantitative estimate of drug-likeness (QED) is 0.787. The summed E-state index contributed by atoms with van der Waals surface area (Å²) < 4.78 is 0. The lowest BCUT2D eigenvalue weighted by Crippen LogP contribution is -2.21. The summed E-state index contributed by atoms with van der Waals surface area (Å²) in [5, 5.41) is 5.39. The van der Waals surface area contributed by atoms with Crippen LogP contribution >= 0.6 is 11.3 Å². The second-order valence-electron chi connectivity index (χ2n) is 4.08. The molecular formula is C12H21N3OS. The highest BCUT2D eigenvalue weighted by Crippen LogP contribution is 2.28. The molecule has 1 rings (SSSR count). The molecule has 1 aromatic rings. The predicted molar refractivity (Wildman–Crippen MR) is 72.4 cm³/mol. The molecule has 5 heteroatoms. The van der Waals surface area contributed by atoms with Crippen molar-refractivity contribution in [1.82, 2.24) is 4.98 Å². The van der Waals surface area contributed by atoms with Crippen molar-refractivity contribution in [1.29, 1.82) is 0 Å². The number of nitrogens with zero attached hydrogens (tertiary/aromatic N) is 1. The van der Waals surface area contributed by atoms with Crippen LogP contribution in [0.15, 0.2) is 5.38 Å². The Morgan fingerprint density at radius 1 is 1.59 bits per heavy atom. The van der Waals surface area contributed by atoms with Gasteiger partial charge in [0.15, 0.2) is 5.13 Å². The Hall–Kier alpha value is -0.940. The van der Waals surface area contributed by atoms with Gasteiger partial charge in [-0.25, -0.2) is 4.98 Å². The lowest BCUT2D eigenvalue weighted by atomic mass is 9.97. The number of rotatable bonds is 7. The molecule has 1 amide bonds. The van der Waals surface area contributed by atoms with E-state index in [1.165, 1.54) is 30.6 Å². The Morgan fingerprint density at radius 3 is 2.94 bits per heavy atom. The highest BCUT2D eigenvalue weighted by atomic mass is 32.1. The zero-order valence-corrected chi connectivity index (χ0v) is 11.3. The fourth-order valence-electron chi connectivity index (χ4n) is 1.71. The molecule has 4 nitrogen and oxygen atoms in total. The zero-order valence-electron chi connectivity index (χ0n) is 10.5. The summed E-state index contributed by atoms with van der Waals surface area (Å²) in [5.41, 5.74) is 6.34. The highest BCUT2D eigenvalue weighted by molar-refractivity contribution is 7.13. The second-order valence-corrected chi connectivity index (χ2v) is 4.94. The lowest BCUT2D eigenvalue weighted by molar-refractivity contribution is -0.114. The van der Waals surface area contributed by atoms with Gasteiger partial charge in [0.05, 0.1) is 12.2 Å². The average Bonchev–Trinajstić information content (AvgIpc) is 2.78. The molecule has 1 unspecified atom stereocenters. The number of thiazole rings is 1. The SMILES string of the molecule is CCCCC(CC)c1csc(NC(=O)CN)n1. The summed E-state index contributed by atoms with van der Waals surface area (Å²) >= 11 is 1.47. The number of carbonyl (C=O) groups is 1. The van der Waals surface area contributed by atoms with Crippen molar-refractivity contribution in [3.8, 4) is 0 Å². The molecule has 0 aromatic carbocycles. The first-order valence-corrected chi connectivity index (χ1v) is 7.04. The molecule has 1 heterocycles. The number of unbranched alkanes of at least 4 members (excludes halogenated alkanes) is 1. The summed E-state index contributed by atoms with van der Waals surface area (Å²) in [5.74, 6) is 0.322. The zero-order chi connectivity index (χ0) is 12.7. The minimum Gasteiger partial charge on any atom is -0.322 e. The van der Waals surface area contributed by atoms with Gasteiger partial charge in [-0.1, -0.05) is 26.7 Å². The first kappa shape index (κ1) is 14.1. The number of nitrogens with two attached hydrogens (primary N) is 1. The van der Waals surface area contributed by atoms with E-state index in [2.05, 4.69) is 24.1 Å². The second kappa shape index (κ2) is 7.40. The van der Waals surface area contributed by atoms with E-state index in [4.69, 9.17) is 5.73 Å². The molecule has 0 saturated heterocycles. The molecule has 0 fully saturated rings. The Balaban J connectivity index is 2.61. The topological polar surface area (TPSA) is 68.0 Å². The van der Waals surface area contributed by atoms with Crippen LogP contribution in [0.4, 0.5) is 5.13 Å². The minimum atomic E-state index is -0.187. The van der Waals surface area contributed by atoms with Gasteiger partial charge in [0.2, 0.25) is 5.91 Å². The summed E-state index contributed by atoms with van der Waals surface area (Å²) in [4.78, 5) is 15.6. The van der Waals surface area contributed by atoms with E-state index in [1.54, 1.807) is 0 Å². The van der Waals surface area contributed by atoms with E-state index in [0.717, 1.165) is 12.1 Å². The minimum absolute atomic E-state index is 0.00194. The monoisotopic (exact) mass is 255 g/mol. The molecule has 0 aliphatic rings. The average molecular weight is 255 g/mol. The summed E-state index contributed by atoms with van der Waals surface area (Å²) in [7, 11) is 0. The lowest BCUT2D eigenvalue weighted by Gasteiger charge is -2.10. The third-order valence-corrected chi connectivity index (χ3v) is 3.55. The maximum atomic E-state index is 11.1. The van der Waals surface area contributed by atoms with E-state index in [9.17, 15) is 4.79 Å². The normalized spacial score (nSPS) is 12.4. The number of carbonyl (C=O) groups excluding carboxylic acids is 1. The van der Waals surface area contributed by atoms with Crippen LogP contribution in [-0.2, 0) is 4.79 Å². The molecule has 96 valence electrons. The molecule has 1 atom stereocenters. The fourth-order valence-corrected chi connectivity index (χ4v) is 2.52. The van der Waals surface area contributed by atoms with Gasteiger partial charge in [0, 0.05) is 11.3 Å². The maximum absolute atomic E-state index is 11.1. The van der Waals surface area contributed by atoms with Crippen LogP contribution in [0.5, 0.6) is 0 Å². The highest BCUT2D eigenvalue weighted by Gasteiger charge is 2.13. The summed E-state index contributed by atoms with van der Waals surface area (Å²) in [6, 6.07) is 0. The van der Waals surface area contributed by atoms with Crippen molar-refractivity contribution < 1.29 is 4.79 Å². The smallest absolute Gasteiger partial charge is 0.239 e. The van der Waals surface area contributed by atoms with Gasteiger partial charge >= 0.3 is 0 Å². The van der Waals surface area contributed by atoms with Gasteiger partial charge in [-0.15, -0.1) is 11.3 Å². The van der Waals surface area contributed by atoms with Crippen molar-refractivity contribution in [2.24, 2.45) is 5.73 Å². The van der Waals surface area contributed by atoms with Crippen molar-refractivity contribution in [2.75, 3.05) is 11.9 Å². The van der Waals surface area contributed by atoms with E-state index >= 15 is 0 Å². The largest absolute Gasteiger partial charge is 0.322 e. The molecule has 0 saturated carbocycles. The van der Waals surface area contributed by atoms with E-state index in [-0.39, 0.29) is 12.5 Å². The number of hydrogen-bond acceptors (Lipinski definition) is 4. The number of aromatic nitrogens is 1. The van der Waals surface area contributed by atoms with Crippen LogP contribution < -0.4 is 11.1 Å². The molecule has 17 heavy (non-hydrogen) atoms. The Kier molecular flexibility index (Phi) is 6.15. The standard InChI is InChI=1S/C12H21N3OS/c1-3-5-6-9(4-2)10-8-17-12(14-10)15-11(16)7-13/h8-9H,3-7,13H2,1-2H3,(H,14,15,16). The van der Waals surface area contributed by atoms with Crippen LogP contribution in [0, 0.1) is 0 Å². The number of nitrogens with one attached hydrogen (secondary N) is 1. The maximum Gasteiger partial charge on any atom is 0.239 e. The first-order chi connectivity index (χ1) is 8.21. The van der Waals surface area contributed by atoms with Crippen molar-refractivity contribution in [2.45, 2.75) is 45.4 Å². The van der Waals surface area contributed by atoms with Gasteiger partial charge in [-0.3, -0.25) is 4.79 Å². The van der Waals surface area contributed by atoms with Gasteiger partial charge in [-0.2, -0.15) is 0 Å². The van der Waals surface area contributed by atoms with Crippen molar-refractivity contribution in [3.05, 3.63) is 11.1 Å². The van der Waals surface area contributed by atoms with E-state index in [0.29, 0.717) is 11.0 Å². The first-order valence-electron chi connectivity index (χ1n) is 6.16. The third-order valence-electron chi connectivity index (χ3n) is 2.77. The third kappa shape index (κ3) is 4.44. The van der Waals surface area contributed by atoms with Crippen LogP contribution in [0.25, 0.3) is 0 Å². The van der Waals surface area contributed by atoms with Crippen LogP contribution in [0.2, 0.25) is 0 Å². The summed E-state index contributed by atoms with van der Waals surface area (Å²) in [6.07, 6.45) is 4.69. The van der Waals surface area contributed by atoms with Crippen LogP contribution in [0.1, 0.15) is 51.1 Å². The molecule has 1 aromatic heterocycles. The molecule has 0 aliphatic carbocycles. The number of amides is 1. The molecule has 0 radical (unpaired) electrons. The van der Waals surface area contributed by atoms with E-state index in [1.807, 2.05) is 5.38 Å². The van der Waals surface area contributed by atoms with Crippen LogP contribution in [0.3, 0.4) is 0 Å².